The standard InChI is InChI=1S/C20H31FN4O.HI/c1-3-18(26-19-6-4-5-16(21)11-19)13-24-20(22-2)23-12-15-9-10-25(14-15)17-7-8-17;/h4-6,11,15,17-18H,3,7-10,12-14H2,1-2H3,(H2,22,23,24);1H. The van der Waals surface area contributed by atoms with E-state index in [1.165, 1.54) is 44.5 Å². The first-order valence-electron chi connectivity index (χ1n) is 9.78. The summed E-state index contributed by atoms with van der Waals surface area (Å²) in [5.74, 6) is 1.78. The van der Waals surface area contributed by atoms with E-state index < -0.39 is 0 Å². The van der Waals surface area contributed by atoms with Crippen LogP contribution in [0.3, 0.4) is 0 Å². The van der Waals surface area contributed by atoms with Crippen molar-refractivity contribution in [1.82, 2.24) is 15.5 Å². The summed E-state index contributed by atoms with van der Waals surface area (Å²) in [7, 11) is 1.79. The van der Waals surface area contributed by atoms with Gasteiger partial charge in [0.05, 0.1) is 6.54 Å². The number of halogens is 2. The minimum absolute atomic E-state index is 0. The molecule has 2 fully saturated rings. The predicted octanol–water partition coefficient (Wildman–Crippen LogP) is 3.25. The van der Waals surface area contributed by atoms with Gasteiger partial charge in [0.1, 0.15) is 17.7 Å². The molecule has 3 rings (SSSR count). The predicted molar refractivity (Wildman–Crippen MR) is 119 cm³/mol. The van der Waals surface area contributed by atoms with E-state index in [0.29, 0.717) is 18.2 Å². The third-order valence-electron chi connectivity index (χ3n) is 5.21. The Morgan fingerprint density at radius 1 is 1.33 bits per heavy atom. The van der Waals surface area contributed by atoms with E-state index in [2.05, 4.69) is 27.4 Å². The molecule has 2 aliphatic rings. The maximum Gasteiger partial charge on any atom is 0.191 e. The van der Waals surface area contributed by atoms with Crippen molar-refractivity contribution < 1.29 is 9.13 Å². The molecule has 2 atom stereocenters. The first kappa shape index (κ1) is 22.2. The van der Waals surface area contributed by atoms with E-state index in [1.54, 1.807) is 19.2 Å². The molecule has 1 saturated heterocycles. The van der Waals surface area contributed by atoms with E-state index >= 15 is 0 Å². The molecule has 27 heavy (non-hydrogen) atoms. The maximum atomic E-state index is 13.3. The lowest BCUT2D eigenvalue weighted by Gasteiger charge is -2.21. The van der Waals surface area contributed by atoms with Crippen LogP contribution in [-0.4, -0.2) is 56.2 Å². The Morgan fingerprint density at radius 2 is 2.15 bits per heavy atom. The van der Waals surface area contributed by atoms with Gasteiger partial charge >= 0.3 is 0 Å². The number of guanidine groups is 1. The Kier molecular flexibility index (Phi) is 9.08. The fourth-order valence-corrected chi connectivity index (χ4v) is 3.47. The fourth-order valence-electron chi connectivity index (χ4n) is 3.47. The molecule has 5 nitrogen and oxygen atoms in total. The van der Waals surface area contributed by atoms with Gasteiger partial charge in [-0.15, -0.1) is 24.0 Å². The molecule has 0 bridgehead atoms. The molecule has 2 N–H and O–H groups in total. The van der Waals surface area contributed by atoms with Crippen LogP contribution < -0.4 is 15.4 Å². The van der Waals surface area contributed by atoms with E-state index in [4.69, 9.17) is 4.74 Å². The Bertz CT molecular complexity index is 611. The number of rotatable bonds is 8. The van der Waals surface area contributed by atoms with Gasteiger partial charge in [0, 0.05) is 32.2 Å². The molecular formula is C20H32FIN4O. The smallest absolute Gasteiger partial charge is 0.191 e. The van der Waals surface area contributed by atoms with Crippen molar-refractivity contribution in [2.24, 2.45) is 10.9 Å². The average molecular weight is 490 g/mol. The Labute approximate surface area is 179 Å². The number of ether oxygens (including phenoxy) is 1. The van der Waals surface area contributed by atoms with E-state index in [9.17, 15) is 4.39 Å². The van der Waals surface area contributed by atoms with Crippen LogP contribution in [-0.2, 0) is 0 Å². The van der Waals surface area contributed by atoms with Gasteiger partial charge in [0.25, 0.3) is 0 Å². The summed E-state index contributed by atoms with van der Waals surface area (Å²) in [4.78, 5) is 6.94. The second kappa shape index (κ2) is 11.0. The molecule has 1 aromatic rings. The number of hydrogen-bond acceptors (Lipinski definition) is 3. The molecule has 1 heterocycles. The zero-order valence-electron chi connectivity index (χ0n) is 16.3. The van der Waals surface area contributed by atoms with Crippen LogP contribution >= 0.6 is 24.0 Å². The lowest BCUT2D eigenvalue weighted by atomic mass is 10.1. The summed E-state index contributed by atoms with van der Waals surface area (Å²) < 4.78 is 19.2. The van der Waals surface area contributed by atoms with Crippen molar-refractivity contribution in [2.75, 3.05) is 33.2 Å². The first-order valence-corrected chi connectivity index (χ1v) is 9.78. The van der Waals surface area contributed by atoms with Gasteiger partial charge < -0.3 is 20.3 Å². The highest BCUT2D eigenvalue weighted by molar-refractivity contribution is 14.0. The molecule has 0 amide bonds. The van der Waals surface area contributed by atoms with Crippen molar-refractivity contribution in [2.45, 2.75) is 44.8 Å². The lowest BCUT2D eigenvalue weighted by molar-refractivity contribution is 0.198. The number of likely N-dealkylation sites (tertiary alicyclic amines) is 1. The molecule has 0 aromatic heterocycles. The van der Waals surface area contributed by atoms with Gasteiger partial charge in [-0.1, -0.05) is 13.0 Å². The SMILES string of the molecule is CCC(CNC(=NC)NCC1CCN(C2CC2)C1)Oc1cccc(F)c1.I. The monoisotopic (exact) mass is 490 g/mol. The molecule has 152 valence electrons. The fraction of sp³-hybridized carbons (Fsp3) is 0.650. The van der Waals surface area contributed by atoms with Crippen molar-refractivity contribution in [3.63, 3.8) is 0 Å². The van der Waals surface area contributed by atoms with Crippen LogP contribution in [0.25, 0.3) is 0 Å². The number of nitrogens with one attached hydrogen (secondary N) is 2. The van der Waals surface area contributed by atoms with Crippen molar-refractivity contribution in [3.8, 4) is 5.75 Å². The molecule has 2 unspecified atom stereocenters. The van der Waals surface area contributed by atoms with E-state index in [0.717, 1.165) is 25.0 Å². The van der Waals surface area contributed by atoms with E-state index in [-0.39, 0.29) is 35.9 Å². The second-order valence-electron chi connectivity index (χ2n) is 7.32. The zero-order chi connectivity index (χ0) is 18.4. The van der Waals surface area contributed by atoms with Crippen molar-refractivity contribution in [1.29, 1.82) is 0 Å². The average Bonchev–Trinajstić information content (AvgIpc) is 3.39. The Hall–Kier alpha value is -1.09. The highest BCUT2D eigenvalue weighted by Gasteiger charge is 2.34. The normalized spacial score (nSPS) is 21.4. The summed E-state index contributed by atoms with van der Waals surface area (Å²) in [5.41, 5.74) is 0. The van der Waals surface area contributed by atoms with Crippen LogP contribution in [0.4, 0.5) is 4.39 Å². The van der Waals surface area contributed by atoms with Crippen molar-refractivity contribution in [3.05, 3.63) is 30.1 Å². The number of nitrogens with zero attached hydrogens (tertiary/aromatic N) is 2. The topological polar surface area (TPSA) is 48.9 Å². The molecular weight excluding hydrogens is 458 g/mol. The van der Waals surface area contributed by atoms with Gasteiger partial charge in [-0.2, -0.15) is 0 Å². The summed E-state index contributed by atoms with van der Waals surface area (Å²) >= 11 is 0. The van der Waals surface area contributed by atoms with E-state index in [1.807, 2.05) is 0 Å². The Morgan fingerprint density at radius 3 is 2.81 bits per heavy atom. The second-order valence-corrected chi connectivity index (χ2v) is 7.32. The van der Waals surface area contributed by atoms with Crippen molar-refractivity contribution >= 4 is 29.9 Å². The minimum atomic E-state index is -0.278. The molecule has 1 aliphatic heterocycles. The summed E-state index contributed by atoms with van der Waals surface area (Å²) in [6.45, 7) is 6.08. The quantitative estimate of drug-likeness (QED) is 0.334. The van der Waals surface area contributed by atoms with Crippen LogP contribution in [0, 0.1) is 11.7 Å². The molecule has 7 heteroatoms. The minimum Gasteiger partial charge on any atom is -0.489 e. The molecule has 0 radical (unpaired) electrons. The summed E-state index contributed by atoms with van der Waals surface area (Å²) in [5, 5.41) is 6.77. The Balaban J connectivity index is 0.00000261. The van der Waals surface area contributed by atoms with Gasteiger partial charge in [-0.25, -0.2) is 4.39 Å². The highest BCUT2D eigenvalue weighted by Crippen LogP contribution is 2.31. The number of hydrogen-bond donors (Lipinski definition) is 2. The van der Waals surface area contributed by atoms with Crippen LogP contribution in [0.5, 0.6) is 5.75 Å². The van der Waals surface area contributed by atoms with Gasteiger partial charge in [-0.3, -0.25) is 4.99 Å². The molecule has 0 spiro atoms. The summed E-state index contributed by atoms with van der Waals surface area (Å²) in [6.07, 6.45) is 4.83. The van der Waals surface area contributed by atoms with Crippen LogP contribution in [0.1, 0.15) is 32.6 Å². The molecule has 1 aromatic carbocycles. The molecule has 1 saturated carbocycles. The summed E-state index contributed by atoms with van der Waals surface area (Å²) in [6, 6.07) is 7.15. The van der Waals surface area contributed by atoms with Gasteiger partial charge in [0.2, 0.25) is 0 Å². The first-order chi connectivity index (χ1) is 12.7. The largest absolute Gasteiger partial charge is 0.489 e. The zero-order valence-corrected chi connectivity index (χ0v) is 18.6. The number of aliphatic imine (C=N–C) groups is 1. The third kappa shape index (κ3) is 7.10. The maximum absolute atomic E-state index is 13.3. The van der Waals surface area contributed by atoms with Gasteiger partial charge in [0.15, 0.2) is 5.96 Å². The molecule has 1 aliphatic carbocycles. The highest BCUT2D eigenvalue weighted by atomic mass is 127. The number of benzene rings is 1. The third-order valence-corrected chi connectivity index (χ3v) is 5.21. The van der Waals surface area contributed by atoms with Crippen LogP contribution in [0.15, 0.2) is 29.3 Å². The van der Waals surface area contributed by atoms with Crippen LogP contribution in [0.2, 0.25) is 0 Å². The lowest BCUT2D eigenvalue weighted by Crippen LogP contribution is -2.44. The van der Waals surface area contributed by atoms with Gasteiger partial charge in [-0.05, 0) is 50.3 Å².